The van der Waals surface area contributed by atoms with Gasteiger partial charge >= 0.3 is 0 Å². The molecule has 1 aromatic carbocycles. The van der Waals surface area contributed by atoms with Crippen LogP contribution >= 0.6 is 0 Å². The number of aliphatic hydroxyl groups is 1. The Morgan fingerprint density at radius 1 is 1.25 bits per heavy atom. The zero-order valence-electron chi connectivity index (χ0n) is 7.49. The maximum Gasteiger partial charge on any atom is 0.0953 e. The predicted octanol–water partition coefficient (Wildman–Crippen LogP) is 3.24. The van der Waals surface area contributed by atoms with Crippen LogP contribution in [0.15, 0.2) is 36.1 Å². The molecule has 1 N–H and O–H groups in total. The van der Waals surface area contributed by atoms with Gasteiger partial charge in [-0.05, 0) is 11.6 Å². The zero-order valence-corrected chi connectivity index (χ0v) is 7.49. The minimum Gasteiger partial charge on any atom is -0.512 e. The van der Waals surface area contributed by atoms with Crippen molar-refractivity contribution < 1.29 is 5.11 Å². The van der Waals surface area contributed by atoms with Gasteiger partial charge < -0.3 is 5.11 Å². The monoisotopic (exact) mass is 162 g/mol. The second-order valence-electron chi connectivity index (χ2n) is 3.13. The number of allylic oxidation sites excluding steroid dienone is 1. The number of rotatable bonds is 2. The molecular formula is C11H14O. The Kier molecular flexibility index (Phi) is 2.92. The van der Waals surface area contributed by atoms with E-state index in [0.717, 1.165) is 5.56 Å². The van der Waals surface area contributed by atoms with E-state index in [2.05, 4.69) is 0 Å². The van der Waals surface area contributed by atoms with Crippen LogP contribution in [0.25, 0.3) is 6.08 Å². The van der Waals surface area contributed by atoms with Crippen molar-refractivity contribution in [2.45, 2.75) is 13.8 Å². The first kappa shape index (κ1) is 8.85. The Bertz CT molecular complexity index is 260. The van der Waals surface area contributed by atoms with Crippen molar-refractivity contribution in [3.63, 3.8) is 0 Å². The number of hydrogen-bond donors (Lipinski definition) is 1. The van der Waals surface area contributed by atoms with Gasteiger partial charge in [0.15, 0.2) is 0 Å². The molecule has 0 unspecified atom stereocenters. The molecule has 1 aromatic rings. The van der Waals surface area contributed by atoms with Crippen LogP contribution in [-0.4, -0.2) is 5.11 Å². The van der Waals surface area contributed by atoms with E-state index in [1.807, 2.05) is 44.2 Å². The molecule has 0 spiro atoms. The van der Waals surface area contributed by atoms with Crippen LogP contribution < -0.4 is 0 Å². The van der Waals surface area contributed by atoms with Crippen LogP contribution in [0.2, 0.25) is 0 Å². The lowest BCUT2D eigenvalue weighted by atomic mass is 10.1. The van der Waals surface area contributed by atoms with Gasteiger partial charge in [0.2, 0.25) is 0 Å². The summed E-state index contributed by atoms with van der Waals surface area (Å²) in [6.07, 6.45) is 1.80. The third kappa shape index (κ3) is 2.42. The van der Waals surface area contributed by atoms with Gasteiger partial charge in [0.25, 0.3) is 0 Å². The third-order valence-corrected chi connectivity index (χ3v) is 1.71. The Balaban J connectivity index is 2.81. The third-order valence-electron chi connectivity index (χ3n) is 1.71. The van der Waals surface area contributed by atoms with E-state index >= 15 is 0 Å². The van der Waals surface area contributed by atoms with Crippen molar-refractivity contribution in [2.75, 3.05) is 0 Å². The van der Waals surface area contributed by atoms with Crippen LogP contribution in [-0.2, 0) is 0 Å². The second-order valence-corrected chi connectivity index (χ2v) is 3.13. The Labute approximate surface area is 73.4 Å². The first-order chi connectivity index (χ1) is 5.70. The summed E-state index contributed by atoms with van der Waals surface area (Å²) in [7, 11) is 0. The normalized spacial score (nSPS) is 12.1. The quantitative estimate of drug-likeness (QED) is 0.662. The molecule has 0 aliphatic carbocycles. The second kappa shape index (κ2) is 3.96. The van der Waals surface area contributed by atoms with Crippen molar-refractivity contribution >= 4 is 6.08 Å². The van der Waals surface area contributed by atoms with Gasteiger partial charge in [-0.3, -0.25) is 0 Å². The van der Waals surface area contributed by atoms with Gasteiger partial charge in [-0.15, -0.1) is 0 Å². The summed E-state index contributed by atoms with van der Waals surface area (Å²) >= 11 is 0. The van der Waals surface area contributed by atoms with E-state index in [9.17, 15) is 5.11 Å². The minimum atomic E-state index is 0.199. The lowest BCUT2D eigenvalue weighted by Gasteiger charge is -2.02. The van der Waals surface area contributed by atoms with E-state index in [0.29, 0.717) is 5.76 Å². The molecule has 1 rings (SSSR count). The van der Waals surface area contributed by atoms with Crippen molar-refractivity contribution in [3.8, 4) is 0 Å². The highest BCUT2D eigenvalue weighted by Crippen LogP contribution is 2.10. The van der Waals surface area contributed by atoms with Gasteiger partial charge in [-0.1, -0.05) is 44.2 Å². The van der Waals surface area contributed by atoms with Gasteiger partial charge in [0.1, 0.15) is 0 Å². The van der Waals surface area contributed by atoms with E-state index < -0.39 is 0 Å². The lowest BCUT2D eigenvalue weighted by Crippen LogP contribution is -1.91. The number of aliphatic hydroxyl groups excluding tert-OH is 1. The van der Waals surface area contributed by atoms with Crippen LogP contribution in [0.4, 0.5) is 0 Å². The molecule has 0 heterocycles. The molecule has 12 heavy (non-hydrogen) atoms. The van der Waals surface area contributed by atoms with Gasteiger partial charge in [0, 0.05) is 5.92 Å². The molecule has 0 amide bonds. The molecule has 1 heteroatoms. The Morgan fingerprint density at radius 3 is 2.33 bits per heavy atom. The van der Waals surface area contributed by atoms with E-state index in [-0.39, 0.29) is 5.92 Å². The summed E-state index contributed by atoms with van der Waals surface area (Å²) in [6, 6.07) is 9.82. The highest BCUT2D eigenvalue weighted by molar-refractivity contribution is 5.50. The standard InChI is InChI=1S/C11H14O/c1-9(2)11(12)8-10-6-4-3-5-7-10/h3-9,12H,1-2H3. The van der Waals surface area contributed by atoms with E-state index in [1.165, 1.54) is 0 Å². The van der Waals surface area contributed by atoms with Crippen LogP contribution in [0, 0.1) is 5.92 Å². The largest absolute Gasteiger partial charge is 0.512 e. The summed E-state index contributed by atoms with van der Waals surface area (Å²) in [4.78, 5) is 0. The molecule has 0 fully saturated rings. The summed E-state index contributed by atoms with van der Waals surface area (Å²) < 4.78 is 0. The van der Waals surface area contributed by atoms with E-state index in [4.69, 9.17) is 0 Å². The molecule has 0 saturated carbocycles. The average Bonchev–Trinajstić information content (AvgIpc) is 2.06. The van der Waals surface area contributed by atoms with Crippen molar-refractivity contribution in [1.82, 2.24) is 0 Å². The minimum absolute atomic E-state index is 0.199. The molecule has 0 aliphatic heterocycles. The first-order valence-electron chi connectivity index (χ1n) is 4.16. The van der Waals surface area contributed by atoms with Crippen molar-refractivity contribution in [2.24, 2.45) is 5.92 Å². The highest BCUT2D eigenvalue weighted by atomic mass is 16.3. The zero-order chi connectivity index (χ0) is 8.97. The Morgan fingerprint density at radius 2 is 1.83 bits per heavy atom. The maximum absolute atomic E-state index is 9.44. The fourth-order valence-corrected chi connectivity index (χ4v) is 0.887. The molecule has 0 radical (unpaired) electrons. The molecule has 0 aromatic heterocycles. The van der Waals surface area contributed by atoms with E-state index in [1.54, 1.807) is 6.08 Å². The van der Waals surface area contributed by atoms with Gasteiger partial charge in [-0.25, -0.2) is 0 Å². The first-order valence-corrected chi connectivity index (χ1v) is 4.16. The molecule has 0 aliphatic rings. The average molecular weight is 162 g/mol. The summed E-state index contributed by atoms with van der Waals surface area (Å²) in [6.45, 7) is 3.93. The van der Waals surface area contributed by atoms with Crippen molar-refractivity contribution in [1.29, 1.82) is 0 Å². The molecule has 0 bridgehead atoms. The number of hydrogen-bond acceptors (Lipinski definition) is 1. The van der Waals surface area contributed by atoms with Crippen molar-refractivity contribution in [3.05, 3.63) is 41.7 Å². The Hall–Kier alpha value is -1.24. The summed E-state index contributed by atoms with van der Waals surface area (Å²) in [5.74, 6) is 0.631. The molecule has 64 valence electrons. The predicted molar refractivity (Wildman–Crippen MR) is 51.9 cm³/mol. The molecule has 1 nitrogen and oxygen atoms in total. The molecule has 0 atom stereocenters. The smallest absolute Gasteiger partial charge is 0.0953 e. The molecule has 0 saturated heterocycles. The van der Waals surface area contributed by atoms with Crippen LogP contribution in [0.5, 0.6) is 0 Å². The lowest BCUT2D eigenvalue weighted by molar-refractivity contribution is 0.357. The topological polar surface area (TPSA) is 20.2 Å². The molecular weight excluding hydrogens is 148 g/mol. The van der Waals surface area contributed by atoms with Crippen LogP contribution in [0.3, 0.4) is 0 Å². The fourth-order valence-electron chi connectivity index (χ4n) is 0.887. The summed E-state index contributed by atoms with van der Waals surface area (Å²) in [5, 5.41) is 9.44. The summed E-state index contributed by atoms with van der Waals surface area (Å²) in [5.41, 5.74) is 1.05. The SMILES string of the molecule is CC(C)C(O)=Cc1ccccc1. The fraction of sp³-hybridized carbons (Fsp3) is 0.273. The van der Waals surface area contributed by atoms with Crippen LogP contribution in [0.1, 0.15) is 19.4 Å². The van der Waals surface area contributed by atoms with Gasteiger partial charge in [-0.2, -0.15) is 0 Å². The number of benzene rings is 1. The van der Waals surface area contributed by atoms with Gasteiger partial charge in [0.05, 0.1) is 5.76 Å². The maximum atomic E-state index is 9.44. The highest BCUT2D eigenvalue weighted by Gasteiger charge is 1.98.